The van der Waals surface area contributed by atoms with Crippen molar-refractivity contribution in [3.8, 4) is 5.75 Å². The molecule has 2 atom stereocenters. The fourth-order valence-corrected chi connectivity index (χ4v) is 2.75. The van der Waals surface area contributed by atoms with Gasteiger partial charge in [-0.3, -0.25) is 4.90 Å². The third-order valence-electron chi connectivity index (χ3n) is 4.16. The molecule has 1 heterocycles. The molecule has 0 aliphatic carbocycles. The minimum absolute atomic E-state index is 0.349. The first-order chi connectivity index (χ1) is 10.2. The number of nitrogens with zero attached hydrogens (tertiary/aromatic N) is 1. The lowest BCUT2D eigenvalue weighted by atomic mass is 10.0. The topological polar surface area (TPSA) is 33.7 Å². The highest BCUT2D eigenvalue weighted by molar-refractivity contribution is 5.29. The average molecular weight is 292 g/mol. The van der Waals surface area contributed by atoms with Crippen molar-refractivity contribution in [2.75, 3.05) is 40.5 Å². The molecule has 0 spiro atoms. The van der Waals surface area contributed by atoms with Crippen molar-refractivity contribution in [1.29, 1.82) is 0 Å². The Morgan fingerprint density at radius 2 is 2.14 bits per heavy atom. The van der Waals surface area contributed by atoms with Crippen LogP contribution in [0.4, 0.5) is 0 Å². The number of rotatable bonds is 8. The highest BCUT2D eigenvalue weighted by Gasteiger charge is 2.23. The van der Waals surface area contributed by atoms with E-state index in [0.717, 1.165) is 44.9 Å². The van der Waals surface area contributed by atoms with Gasteiger partial charge in [0, 0.05) is 25.2 Å². The third kappa shape index (κ3) is 4.70. The Labute approximate surface area is 128 Å². The van der Waals surface area contributed by atoms with Crippen LogP contribution in [0.15, 0.2) is 24.3 Å². The van der Waals surface area contributed by atoms with Crippen molar-refractivity contribution < 1.29 is 9.47 Å². The number of nitrogens with one attached hydrogen (secondary N) is 1. The van der Waals surface area contributed by atoms with Crippen molar-refractivity contribution in [2.24, 2.45) is 0 Å². The van der Waals surface area contributed by atoms with Gasteiger partial charge in [0.1, 0.15) is 5.75 Å². The zero-order valence-corrected chi connectivity index (χ0v) is 13.5. The minimum atomic E-state index is 0.349. The second-order valence-electron chi connectivity index (χ2n) is 5.74. The predicted molar refractivity (Wildman–Crippen MR) is 85.9 cm³/mol. The van der Waals surface area contributed by atoms with E-state index in [0.29, 0.717) is 12.1 Å². The summed E-state index contributed by atoms with van der Waals surface area (Å²) in [6.07, 6.45) is 2.28. The molecule has 0 bridgehead atoms. The number of hydrogen-bond donors (Lipinski definition) is 1. The smallest absolute Gasteiger partial charge is 0.118 e. The van der Waals surface area contributed by atoms with E-state index in [4.69, 9.17) is 9.47 Å². The van der Waals surface area contributed by atoms with Gasteiger partial charge in [0.25, 0.3) is 0 Å². The SMILES string of the molecule is CCCNC(CN(C)C1CCOC1)c1ccc(OC)cc1. The van der Waals surface area contributed by atoms with Gasteiger partial charge in [-0.2, -0.15) is 0 Å². The quantitative estimate of drug-likeness (QED) is 0.798. The van der Waals surface area contributed by atoms with Crippen LogP contribution < -0.4 is 10.1 Å². The van der Waals surface area contributed by atoms with E-state index in [-0.39, 0.29) is 0 Å². The first kappa shape index (κ1) is 16.3. The Bertz CT molecular complexity index is 402. The molecule has 0 aromatic heterocycles. The summed E-state index contributed by atoms with van der Waals surface area (Å²) in [6.45, 7) is 5.99. The van der Waals surface area contributed by atoms with Crippen LogP contribution in [0.25, 0.3) is 0 Å². The van der Waals surface area contributed by atoms with E-state index < -0.39 is 0 Å². The Morgan fingerprint density at radius 3 is 2.71 bits per heavy atom. The van der Waals surface area contributed by atoms with Gasteiger partial charge in [0.05, 0.1) is 13.7 Å². The highest BCUT2D eigenvalue weighted by Crippen LogP contribution is 2.20. The van der Waals surface area contributed by atoms with E-state index in [2.05, 4.69) is 36.3 Å². The van der Waals surface area contributed by atoms with E-state index in [1.165, 1.54) is 5.56 Å². The minimum Gasteiger partial charge on any atom is -0.497 e. The van der Waals surface area contributed by atoms with Crippen LogP contribution >= 0.6 is 0 Å². The number of likely N-dealkylation sites (N-methyl/N-ethyl adjacent to an activating group) is 1. The van der Waals surface area contributed by atoms with Gasteiger partial charge in [-0.05, 0) is 44.1 Å². The largest absolute Gasteiger partial charge is 0.497 e. The molecule has 0 amide bonds. The summed E-state index contributed by atoms with van der Waals surface area (Å²) in [4.78, 5) is 2.42. The lowest BCUT2D eigenvalue weighted by molar-refractivity contribution is 0.153. The third-order valence-corrected chi connectivity index (χ3v) is 4.16. The molecule has 118 valence electrons. The fraction of sp³-hybridized carbons (Fsp3) is 0.647. The maximum absolute atomic E-state index is 5.50. The summed E-state index contributed by atoms with van der Waals surface area (Å²) >= 11 is 0. The molecule has 1 aliphatic heterocycles. The van der Waals surface area contributed by atoms with Crippen LogP contribution in [0.2, 0.25) is 0 Å². The molecule has 2 rings (SSSR count). The fourth-order valence-electron chi connectivity index (χ4n) is 2.75. The second-order valence-corrected chi connectivity index (χ2v) is 5.74. The van der Waals surface area contributed by atoms with Crippen LogP contribution in [0, 0.1) is 0 Å². The molecule has 1 saturated heterocycles. The molecule has 0 saturated carbocycles. The molecule has 1 aromatic rings. The standard InChI is InChI=1S/C17H28N2O2/c1-4-10-18-17(12-19(2)15-9-11-21-13-15)14-5-7-16(20-3)8-6-14/h5-8,15,17-18H,4,9-13H2,1-3H3. The normalized spacial score (nSPS) is 19.9. The second kappa shape index (κ2) is 8.37. The zero-order valence-electron chi connectivity index (χ0n) is 13.5. The summed E-state index contributed by atoms with van der Waals surface area (Å²) < 4.78 is 10.7. The molecule has 1 aromatic carbocycles. The molecule has 2 unspecified atom stereocenters. The number of methoxy groups -OCH3 is 1. The van der Waals surface area contributed by atoms with Crippen LogP contribution in [0.3, 0.4) is 0 Å². The van der Waals surface area contributed by atoms with Crippen molar-refractivity contribution in [3.05, 3.63) is 29.8 Å². The lowest BCUT2D eigenvalue weighted by Gasteiger charge is -2.29. The van der Waals surface area contributed by atoms with E-state index in [1.807, 2.05) is 12.1 Å². The molecule has 0 radical (unpaired) electrons. The van der Waals surface area contributed by atoms with Gasteiger partial charge >= 0.3 is 0 Å². The summed E-state index contributed by atoms with van der Waals surface area (Å²) in [5.74, 6) is 0.908. The number of benzene rings is 1. The zero-order chi connectivity index (χ0) is 15.1. The van der Waals surface area contributed by atoms with Gasteiger partial charge in [-0.15, -0.1) is 0 Å². The number of ether oxygens (including phenoxy) is 2. The van der Waals surface area contributed by atoms with E-state index in [1.54, 1.807) is 7.11 Å². The Balaban J connectivity index is 2.01. The molecular weight excluding hydrogens is 264 g/mol. The highest BCUT2D eigenvalue weighted by atomic mass is 16.5. The van der Waals surface area contributed by atoms with Crippen molar-refractivity contribution >= 4 is 0 Å². The van der Waals surface area contributed by atoms with E-state index in [9.17, 15) is 0 Å². The summed E-state index contributed by atoms with van der Waals surface area (Å²) in [6, 6.07) is 9.29. The number of hydrogen-bond acceptors (Lipinski definition) is 4. The van der Waals surface area contributed by atoms with Gasteiger partial charge in [0.2, 0.25) is 0 Å². The van der Waals surface area contributed by atoms with Gasteiger partial charge < -0.3 is 14.8 Å². The molecule has 21 heavy (non-hydrogen) atoms. The van der Waals surface area contributed by atoms with Crippen LogP contribution in [-0.4, -0.2) is 51.4 Å². The predicted octanol–water partition coefficient (Wildman–Crippen LogP) is 2.46. The lowest BCUT2D eigenvalue weighted by Crippen LogP contribution is -2.39. The Morgan fingerprint density at radius 1 is 1.38 bits per heavy atom. The Hall–Kier alpha value is -1.10. The van der Waals surface area contributed by atoms with Crippen LogP contribution in [-0.2, 0) is 4.74 Å². The van der Waals surface area contributed by atoms with Crippen molar-refractivity contribution in [2.45, 2.75) is 31.8 Å². The first-order valence-electron chi connectivity index (χ1n) is 7.90. The van der Waals surface area contributed by atoms with E-state index >= 15 is 0 Å². The summed E-state index contributed by atoms with van der Waals surface area (Å²) in [5, 5.41) is 3.65. The molecule has 4 nitrogen and oxygen atoms in total. The van der Waals surface area contributed by atoms with Crippen molar-refractivity contribution in [1.82, 2.24) is 10.2 Å². The van der Waals surface area contributed by atoms with Crippen molar-refractivity contribution in [3.63, 3.8) is 0 Å². The molecule has 1 fully saturated rings. The average Bonchev–Trinajstić information content (AvgIpc) is 3.06. The molecule has 4 heteroatoms. The first-order valence-corrected chi connectivity index (χ1v) is 7.90. The molecule has 1 aliphatic rings. The maximum atomic E-state index is 5.50. The summed E-state index contributed by atoms with van der Waals surface area (Å²) in [5.41, 5.74) is 1.31. The Kier molecular flexibility index (Phi) is 6.49. The van der Waals surface area contributed by atoms with Gasteiger partial charge in [0.15, 0.2) is 0 Å². The molecular formula is C17H28N2O2. The van der Waals surface area contributed by atoms with Crippen LogP contribution in [0.1, 0.15) is 31.4 Å². The van der Waals surface area contributed by atoms with Gasteiger partial charge in [-0.25, -0.2) is 0 Å². The monoisotopic (exact) mass is 292 g/mol. The molecule has 1 N–H and O–H groups in total. The summed E-state index contributed by atoms with van der Waals surface area (Å²) in [7, 11) is 3.90. The van der Waals surface area contributed by atoms with Gasteiger partial charge in [-0.1, -0.05) is 19.1 Å². The maximum Gasteiger partial charge on any atom is 0.118 e. The van der Waals surface area contributed by atoms with Crippen LogP contribution in [0.5, 0.6) is 5.75 Å².